The lowest BCUT2D eigenvalue weighted by atomic mass is 10.1. The monoisotopic (exact) mass is 331 g/mol. The number of hydrogen-bond donors (Lipinski definition) is 2. The summed E-state index contributed by atoms with van der Waals surface area (Å²) < 4.78 is 29.8. The molecule has 21 heavy (non-hydrogen) atoms. The van der Waals surface area contributed by atoms with Crippen LogP contribution in [0.25, 0.3) is 0 Å². The Morgan fingerprint density at radius 3 is 2.95 bits per heavy atom. The molecule has 120 valence electrons. The molecule has 0 spiro atoms. The van der Waals surface area contributed by atoms with Gasteiger partial charge in [0.2, 0.25) is 0 Å². The molecule has 0 saturated carbocycles. The van der Waals surface area contributed by atoms with Gasteiger partial charge in [-0.3, -0.25) is 0 Å². The molecular formula is C14H25N3O2S2. The quantitative estimate of drug-likeness (QED) is 0.804. The Labute approximate surface area is 131 Å². The van der Waals surface area contributed by atoms with E-state index in [-0.39, 0.29) is 12.1 Å². The molecule has 1 saturated heterocycles. The largest absolute Gasteiger partial charge is 0.315 e. The smallest absolute Gasteiger partial charge is 0.280 e. The molecule has 0 aliphatic carbocycles. The second kappa shape index (κ2) is 7.69. The van der Waals surface area contributed by atoms with Crippen molar-refractivity contribution in [3.05, 3.63) is 22.4 Å². The van der Waals surface area contributed by atoms with Crippen LogP contribution in [0, 0.1) is 0 Å². The van der Waals surface area contributed by atoms with Crippen LogP contribution in [-0.4, -0.2) is 38.4 Å². The zero-order valence-corrected chi connectivity index (χ0v) is 14.3. The van der Waals surface area contributed by atoms with Crippen molar-refractivity contribution < 1.29 is 8.42 Å². The van der Waals surface area contributed by atoms with Crippen molar-refractivity contribution in [1.29, 1.82) is 0 Å². The van der Waals surface area contributed by atoms with Crippen LogP contribution in [0.5, 0.6) is 0 Å². The molecular weight excluding hydrogens is 306 g/mol. The van der Waals surface area contributed by atoms with Crippen molar-refractivity contribution in [3.63, 3.8) is 0 Å². The van der Waals surface area contributed by atoms with E-state index >= 15 is 0 Å². The summed E-state index contributed by atoms with van der Waals surface area (Å²) in [6.45, 7) is 6.14. The Bertz CT molecular complexity index is 516. The summed E-state index contributed by atoms with van der Waals surface area (Å²) in [4.78, 5) is 1.04. The normalized spacial score (nSPS) is 22.3. The van der Waals surface area contributed by atoms with Gasteiger partial charge in [-0.15, -0.1) is 11.3 Å². The SMILES string of the molecule is CCNCC1CCCCN1S(=O)(=O)NC(C)c1cccs1. The van der Waals surface area contributed by atoms with Gasteiger partial charge in [0.05, 0.1) is 6.04 Å². The number of likely N-dealkylation sites (N-methyl/N-ethyl adjacent to an activating group) is 1. The number of rotatable bonds is 7. The zero-order valence-electron chi connectivity index (χ0n) is 12.7. The zero-order chi connectivity index (χ0) is 15.3. The topological polar surface area (TPSA) is 61.4 Å². The van der Waals surface area contributed by atoms with Crippen LogP contribution in [0.2, 0.25) is 0 Å². The second-order valence-corrected chi connectivity index (χ2v) is 8.06. The van der Waals surface area contributed by atoms with Gasteiger partial charge >= 0.3 is 0 Å². The molecule has 0 amide bonds. The standard InChI is InChI=1S/C14H25N3O2S2/c1-3-15-11-13-7-4-5-9-17(13)21(18,19)16-12(2)14-8-6-10-20-14/h6,8,10,12-13,15-16H,3-5,7,9,11H2,1-2H3. The molecule has 2 atom stereocenters. The fourth-order valence-corrected chi connectivity index (χ4v) is 5.15. The number of nitrogens with zero attached hydrogens (tertiary/aromatic N) is 1. The first kappa shape index (κ1) is 16.9. The van der Waals surface area contributed by atoms with Gasteiger partial charge in [-0.05, 0) is 37.8 Å². The van der Waals surface area contributed by atoms with Gasteiger partial charge in [0.1, 0.15) is 0 Å². The van der Waals surface area contributed by atoms with E-state index in [9.17, 15) is 8.42 Å². The molecule has 2 N–H and O–H groups in total. The summed E-state index contributed by atoms with van der Waals surface area (Å²) >= 11 is 1.58. The van der Waals surface area contributed by atoms with Gasteiger partial charge in [0.15, 0.2) is 0 Å². The Balaban J connectivity index is 2.05. The molecule has 7 heteroatoms. The highest BCUT2D eigenvalue weighted by Crippen LogP contribution is 2.23. The third-order valence-corrected chi connectivity index (χ3v) is 6.61. The van der Waals surface area contributed by atoms with Gasteiger partial charge in [-0.2, -0.15) is 17.4 Å². The predicted molar refractivity (Wildman–Crippen MR) is 87.7 cm³/mol. The van der Waals surface area contributed by atoms with Crippen LogP contribution in [0.15, 0.2) is 17.5 Å². The molecule has 1 aliphatic rings. The molecule has 1 aliphatic heterocycles. The van der Waals surface area contributed by atoms with Gasteiger partial charge < -0.3 is 5.32 Å². The lowest BCUT2D eigenvalue weighted by Gasteiger charge is -2.35. The minimum atomic E-state index is -3.44. The lowest BCUT2D eigenvalue weighted by molar-refractivity contribution is 0.243. The van der Waals surface area contributed by atoms with E-state index in [0.29, 0.717) is 6.54 Å². The molecule has 1 aromatic heterocycles. The Morgan fingerprint density at radius 2 is 2.29 bits per heavy atom. The Morgan fingerprint density at radius 1 is 1.48 bits per heavy atom. The van der Waals surface area contributed by atoms with E-state index in [1.54, 1.807) is 15.6 Å². The van der Waals surface area contributed by atoms with Crippen molar-refractivity contribution in [2.45, 2.75) is 45.2 Å². The Hall–Kier alpha value is -0.470. The molecule has 1 fully saturated rings. The van der Waals surface area contributed by atoms with E-state index in [1.165, 1.54) is 0 Å². The van der Waals surface area contributed by atoms with E-state index in [4.69, 9.17) is 0 Å². The van der Waals surface area contributed by atoms with Gasteiger partial charge in [-0.25, -0.2) is 0 Å². The lowest BCUT2D eigenvalue weighted by Crippen LogP contribution is -2.52. The van der Waals surface area contributed by atoms with Crippen LogP contribution in [0.4, 0.5) is 0 Å². The predicted octanol–water partition coefficient (Wildman–Crippen LogP) is 2.11. The van der Waals surface area contributed by atoms with Crippen LogP contribution < -0.4 is 10.0 Å². The van der Waals surface area contributed by atoms with E-state index in [1.807, 2.05) is 31.4 Å². The van der Waals surface area contributed by atoms with Gasteiger partial charge in [-0.1, -0.05) is 19.4 Å². The summed E-state index contributed by atoms with van der Waals surface area (Å²) in [7, 11) is -3.44. The van der Waals surface area contributed by atoms with Crippen molar-refractivity contribution in [3.8, 4) is 0 Å². The first-order valence-corrected chi connectivity index (χ1v) is 9.89. The number of hydrogen-bond acceptors (Lipinski definition) is 4. The van der Waals surface area contributed by atoms with Crippen molar-refractivity contribution in [2.75, 3.05) is 19.6 Å². The summed E-state index contributed by atoms with van der Waals surface area (Å²) in [6.07, 6.45) is 2.97. The maximum atomic E-state index is 12.7. The minimum Gasteiger partial charge on any atom is -0.315 e. The van der Waals surface area contributed by atoms with Crippen molar-refractivity contribution in [2.24, 2.45) is 0 Å². The van der Waals surface area contributed by atoms with Crippen LogP contribution >= 0.6 is 11.3 Å². The van der Waals surface area contributed by atoms with E-state index < -0.39 is 10.2 Å². The third-order valence-electron chi connectivity index (χ3n) is 3.81. The fraction of sp³-hybridized carbons (Fsp3) is 0.714. The first-order valence-electron chi connectivity index (χ1n) is 7.58. The molecule has 1 aromatic rings. The number of thiophene rings is 1. The third kappa shape index (κ3) is 4.50. The maximum Gasteiger partial charge on any atom is 0.280 e. The summed E-state index contributed by atoms with van der Waals surface area (Å²) in [5, 5.41) is 5.24. The summed E-state index contributed by atoms with van der Waals surface area (Å²) in [5.74, 6) is 0. The summed E-state index contributed by atoms with van der Waals surface area (Å²) in [5.41, 5.74) is 0. The first-order chi connectivity index (χ1) is 10.0. The van der Waals surface area contributed by atoms with Gasteiger partial charge in [0, 0.05) is 24.0 Å². The van der Waals surface area contributed by atoms with Crippen LogP contribution in [-0.2, 0) is 10.2 Å². The molecule has 0 aromatic carbocycles. The van der Waals surface area contributed by atoms with Crippen LogP contribution in [0.3, 0.4) is 0 Å². The highest BCUT2D eigenvalue weighted by molar-refractivity contribution is 7.87. The molecule has 0 bridgehead atoms. The Kier molecular flexibility index (Phi) is 6.19. The molecule has 2 unspecified atom stereocenters. The van der Waals surface area contributed by atoms with E-state index in [0.717, 1.165) is 37.2 Å². The van der Waals surface area contributed by atoms with Crippen LogP contribution in [0.1, 0.15) is 44.0 Å². The van der Waals surface area contributed by atoms with E-state index in [2.05, 4.69) is 10.0 Å². The highest BCUT2D eigenvalue weighted by Gasteiger charge is 2.32. The maximum absolute atomic E-state index is 12.7. The molecule has 2 heterocycles. The van der Waals surface area contributed by atoms with Crippen molar-refractivity contribution in [1.82, 2.24) is 14.3 Å². The molecule has 5 nitrogen and oxygen atoms in total. The summed E-state index contributed by atoms with van der Waals surface area (Å²) in [6, 6.07) is 3.78. The fourth-order valence-electron chi connectivity index (χ4n) is 2.69. The van der Waals surface area contributed by atoms with Crippen molar-refractivity contribution >= 4 is 21.5 Å². The highest BCUT2D eigenvalue weighted by atomic mass is 32.2. The van der Waals surface area contributed by atoms with Gasteiger partial charge in [0.25, 0.3) is 10.2 Å². The molecule has 2 rings (SSSR count). The number of nitrogens with one attached hydrogen (secondary N) is 2. The minimum absolute atomic E-state index is 0.0618. The average molecular weight is 332 g/mol. The average Bonchev–Trinajstić information content (AvgIpc) is 2.99. The molecule has 0 radical (unpaired) electrons. The second-order valence-electron chi connectivity index (χ2n) is 5.43. The number of piperidine rings is 1.